The molecule has 18 heavy (non-hydrogen) atoms. The van der Waals surface area contributed by atoms with Crippen molar-refractivity contribution in [1.29, 1.82) is 0 Å². The van der Waals surface area contributed by atoms with Gasteiger partial charge in [-0.3, -0.25) is 14.9 Å². The Bertz CT molecular complexity index is 418. The highest BCUT2D eigenvalue weighted by Crippen LogP contribution is 2.11. The Kier molecular flexibility index (Phi) is 5.22. The van der Waals surface area contributed by atoms with Crippen molar-refractivity contribution in [3.8, 4) is 0 Å². The third-order valence-corrected chi connectivity index (χ3v) is 2.27. The van der Waals surface area contributed by atoms with Gasteiger partial charge in [-0.2, -0.15) is 0 Å². The molecule has 0 fully saturated rings. The smallest absolute Gasteiger partial charge is 0.306 e. The Morgan fingerprint density at radius 3 is 2.50 bits per heavy atom. The molecule has 1 rings (SSSR count). The highest BCUT2D eigenvalue weighted by molar-refractivity contribution is 5.67. The maximum Gasteiger partial charge on any atom is 0.306 e. The number of nitrogens with one attached hydrogen (secondary N) is 1. The van der Waals surface area contributed by atoms with E-state index in [9.17, 15) is 20.0 Å². The lowest BCUT2D eigenvalue weighted by Gasteiger charge is -2.09. The van der Waals surface area contributed by atoms with Crippen LogP contribution in [-0.2, 0) is 11.3 Å². The van der Waals surface area contributed by atoms with E-state index >= 15 is 0 Å². The van der Waals surface area contributed by atoms with Gasteiger partial charge in [-0.25, -0.2) is 0 Å². The number of carbonyl (C=O) groups is 1. The minimum atomic E-state index is -1.06. The first kappa shape index (κ1) is 14.1. The van der Waals surface area contributed by atoms with Gasteiger partial charge >= 0.3 is 5.97 Å². The van der Waals surface area contributed by atoms with E-state index in [0.717, 1.165) is 5.56 Å². The average molecular weight is 254 g/mol. The first-order valence-corrected chi connectivity index (χ1v) is 5.33. The zero-order valence-corrected chi connectivity index (χ0v) is 9.57. The first-order valence-electron chi connectivity index (χ1n) is 5.33. The van der Waals surface area contributed by atoms with Crippen molar-refractivity contribution in [2.75, 3.05) is 6.54 Å². The summed E-state index contributed by atoms with van der Waals surface area (Å²) in [6.07, 6.45) is -1.26. The number of aliphatic carboxylic acids is 1. The van der Waals surface area contributed by atoms with Gasteiger partial charge in [0.1, 0.15) is 0 Å². The molecular weight excluding hydrogens is 240 g/mol. The van der Waals surface area contributed by atoms with Crippen LogP contribution < -0.4 is 5.32 Å². The van der Waals surface area contributed by atoms with Crippen molar-refractivity contribution in [3.63, 3.8) is 0 Å². The molecule has 1 unspecified atom stereocenters. The minimum absolute atomic E-state index is 0.0182. The highest BCUT2D eigenvalue weighted by atomic mass is 16.6. The van der Waals surface area contributed by atoms with E-state index in [4.69, 9.17) is 5.11 Å². The lowest BCUT2D eigenvalue weighted by atomic mass is 10.2. The molecule has 1 atom stereocenters. The summed E-state index contributed by atoms with van der Waals surface area (Å²) < 4.78 is 0. The van der Waals surface area contributed by atoms with Crippen LogP contribution in [0.3, 0.4) is 0 Å². The number of carboxylic acids is 1. The number of hydrogen-bond acceptors (Lipinski definition) is 5. The fraction of sp³-hybridized carbons (Fsp3) is 0.364. The normalized spacial score (nSPS) is 12.1. The number of rotatable bonds is 7. The van der Waals surface area contributed by atoms with E-state index in [1.54, 1.807) is 12.1 Å². The number of non-ortho nitro benzene ring substituents is 1. The van der Waals surface area contributed by atoms with Crippen LogP contribution in [0.4, 0.5) is 5.69 Å². The fourth-order valence-corrected chi connectivity index (χ4v) is 1.39. The second-order valence-electron chi connectivity index (χ2n) is 3.81. The molecule has 0 aliphatic carbocycles. The molecule has 1 aromatic carbocycles. The van der Waals surface area contributed by atoms with Crippen molar-refractivity contribution >= 4 is 11.7 Å². The Labute approximate surface area is 103 Å². The van der Waals surface area contributed by atoms with Crippen molar-refractivity contribution in [3.05, 3.63) is 39.9 Å². The Hall–Kier alpha value is -1.99. The molecule has 0 aromatic heterocycles. The molecule has 7 nitrogen and oxygen atoms in total. The summed E-state index contributed by atoms with van der Waals surface area (Å²) in [5.74, 6) is -1.06. The van der Waals surface area contributed by atoms with Gasteiger partial charge in [-0.1, -0.05) is 12.1 Å². The second-order valence-corrected chi connectivity index (χ2v) is 3.81. The number of nitro benzene ring substituents is 1. The van der Waals surface area contributed by atoms with Crippen molar-refractivity contribution < 1.29 is 19.9 Å². The summed E-state index contributed by atoms with van der Waals surface area (Å²) in [4.78, 5) is 20.2. The molecule has 0 aliphatic heterocycles. The third-order valence-electron chi connectivity index (χ3n) is 2.27. The monoisotopic (exact) mass is 254 g/mol. The Balaban J connectivity index is 2.35. The molecule has 1 aromatic rings. The number of nitrogens with zero attached hydrogens (tertiary/aromatic N) is 1. The first-order chi connectivity index (χ1) is 8.49. The molecule has 0 spiro atoms. The number of benzene rings is 1. The van der Waals surface area contributed by atoms with Gasteiger partial charge < -0.3 is 15.5 Å². The lowest BCUT2D eigenvalue weighted by molar-refractivity contribution is -0.384. The predicted molar refractivity (Wildman–Crippen MR) is 63.1 cm³/mol. The van der Waals surface area contributed by atoms with Gasteiger partial charge in [0.2, 0.25) is 0 Å². The summed E-state index contributed by atoms with van der Waals surface area (Å²) in [7, 11) is 0. The SMILES string of the molecule is O=C(O)CC(O)CNCc1ccc([N+](=O)[O-])cc1. The zero-order chi connectivity index (χ0) is 13.5. The largest absolute Gasteiger partial charge is 0.481 e. The molecule has 0 radical (unpaired) electrons. The topological polar surface area (TPSA) is 113 Å². The third kappa shape index (κ3) is 4.89. The van der Waals surface area contributed by atoms with E-state index in [-0.39, 0.29) is 18.7 Å². The Morgan fingerprint density at radius 2 is 2.00 bits per heavy atom. The van der Waals surface area contributed by atoms with E-state index in [1.165, 1.54) is 12.1 Å². The van der Waals surface area contributed by atoms with Crippen LogP contribution in [0, 0.1) is 10.1 Å². The van der Waals surface area contributed by atoms with E-state index in [0.29, 0.717) is 6.54 Å². The number of aliphatic hydroxyl groups is 1. The lowest BCUT2D eigenvalue weighted by Crippen LogP contribution is -2.28. The van der Waals surface area contributed by atoms with Crippen LogP contribution in [0.1, 0.15) is 12.0 Å². The molecule has 0 aliphatic rings. The van der Waals surface area contributed by atoms with Gasteiger partial charge in [0, 0.05) is 25.2 Å². The zero-order valence-electron chi connectivity index (χ0n) is 9.57. The van der Waals surface area contributed by atoms with Gasteiger partial charge in [-0.05, 0) is 5.56 Å². The molecule has 7 heteroatoms. The fourth-order valence-electron chi connectivity index (χ4n) is 1.39. The van der Waals surface area contributed by atoms with Gasteiger partial charge in [0.15, 0.2) is 0 Å². The predicted octanol–water partition coefficient (Wildman–Crippen LogP) is 0.520. The highest BCUT2D eigenvalue weighted by Gasteiger charge is 2.09. The van der Waals surface area contributed by atoms with Crippen molar-refractivity contribution in [2.24, 2.45) is 0 Å². The summed E-state index contributed by atoms with van der Waals surface area (Å²) in [6.45, 7) is 0.567. The molecule has 0 bridgehead atoms. The maximum atomic E-state index is 10.4. The maximum absolute atomic E-state index is 10.4. The standard InChI is InChI=1S/C11H14N2O5/c14-10(5-11(15)16)7-12-6-8-1-3-9(4-2-8)13(17)18/h1-4,10,12,14H,5-7H2,(H,15,16). The summed E-state index contributed by atoms with van der Waals surface area (Å²) >= 11 is 0. The van der Waals surface area contributed by atoms with Gasteiger partial charge in [0.05, 0.1) is 17.4 Å². The Morgan fingerprint density at radius 1 is 1.39 bits per heavy atom. The van der Waals surface area contributed by atoms with E-state index in [1.807, 2.05) is 0 Å². The molecule has 0 saturated carbocycles. The summed E-state index contributed by atoms with van der Waals surface area (Å²) in [5.41, 5.74) is 0.841. The number of nitro groups is 1. The van der Waals surface area contributed by atoms with E-state index in [2.05, 4.69) is 5.32 Å². The quantitative estimate of drug-likeness (QED) is 0.483. The van der Waals surface area contributed by atoms with Crippen LogP contribution in [0.15, 0.2) is 24.3 Å². The van der Waals surface area contributed by atoms with Crippen LogP contribution in [0.5, 0.6) is 0 Å². The molecular formula is C11H14N2O5. The number of carboxylic acid groups (broad SMARTS) is 1. The van der Waals surface area contributed by atoms with Crippen molar-refractivity contribution in [2.45, 2.75) is 19.1 Å². The van der Waals surface area contributed by atoms with Crippen molar-refractivity contribution in [1.82, 2.24) is 5.32 Å². The average Bonchev–Trinajstić information content (AvgIpc) is 2.28. The van der Waals surface area contributed by atoms with Crippen LogP contribution in [0.2, 0.25) is 0 Å². The minimum Gasteiger partial charge on any atom is -0.481 e. The summed E-state index contributed by atoms with van der Waals surface area (Å²) in [6, 6.07) is 6.00. The molecule has 0 saturated heterocycles. The van der Waals surface area contributed by atoms with Gasteiger partial charge in [0.25, 0.3) is 5.69 Å². The van der Waals surface area contributed by atoms with Gasteiger partial charge in [-0.15, -0.1) is 0 Å². The van der Waals surface area contributed by atoms with Crippen LogP contribution in [-0.4, -0.2) is 33.8 Å². The molecule has 3 N–H and O–H groups in total. The molecule has 0 heterocycles. The number of aliphatic hydroxyl groups excluding tert-OH is 1. The molecule has 98 valence electrons. The van der Waals surface area contributed by atoms with Crippen LogP contribution in [0.25, 0.3) is 0 Å². The summed E-state index contributed by atoms with van der Waals surface area (Å²) in [5, 5.41) is 31.0. The van der Waals surface area contributed by atoms with Crippen LogP contribution >= 0.6 is 0 Å². The number of hydrogen-bond donors (Lipinski definition) is 3. The second kappa shape index (κ2) is 6.67. The van der Waals surface area contributed by atoms with E-state index < -0.39 is 17.0 Å². The molecule has 0 amide bonds.